The van der Waals surface area contributed by atoms with Gasteiger partial charge in [-0.15, -0.1) is 0 Å². The van der Waals surface area contributed by atoms with E-state index in [0.717, 1.165) is 78.1 Å². The number of rotatable bonds is 4. The minimum atomic E-state index is -5.08. The zero-order valence-electron chi connectivity index (χ0n) is 18.9. The number of methoxy groups -OCH3 is 1. The molecule has 1 unspecified atom stereocenters. The number of piperidine rings is 1. The van der Waals surface area contributed by atoms with Crippen molar-refractivity contribution in [1.82, 2.24) is 14.7 Å². The van der Waals surface area contributed by atoms with Gasteiger partial charge in [-0.25, -0.2) is 9.59 Å². The number of carboxylic acid groups (broad SMARTS) is 1. The van der Waals surface area contributed by atoms with Crippen molar-refractivity contribution in [3.63, 3.8) is 0 Å². The summed E-state index contributed by atoms with van der Waals surface area (Å²) in [7, 11) is 1.82. The van der Waals surface area contributed by atoms with E-state index in [2.05, 4.69) is 26.6 Å². The topological polar surface area (TPSA) is 73.3 Å². The first kappa shape index (κ1) is 25.8. The SMILES string of the molecule is COCC1CN(Cc2ccsc2)CC12CCN(C(=O)N1CCCC1)CC2.O=C(O)C(F)(F)F. The summed E-state index contributed by atoms with van der Waals surface area (Å²) >= 11 is 1.78. The highest BCUT2D eigenvalue weighted by atomic mass is 32.1. The van der Waals surface area contributed by atoms with Crippen molar-refractivity contribution in [2.24, 2.45) is 11.3 Å². The Bertz CT molecular complexity index is 776. The Labute approximate surface area is 196 Å². The number of hydrogen-bond donors (Lipinski definition) is 1. The maximum atomic E-state index is 12.7. The predicted octanol–water partition coefficient (Wildman–Crippen LogP) is 3.76. The number of urea groups is 1. The average molecular weight is 492 g/mol. The molecule has 7 nitrogen and oxygen atoms in total. The molecule has 3 aliphatic heterocycles. The highest BCUT2D eigenvalue weighted by Crippen LogP contribution is 2.45. The Hall–Kier alpha value is -1.85. The van der Waals surface area contributed by atoms with Crippen LogP contribution in [0, 0.1) is 11.3 Å². The van der Waals surface area contributed by atoms with Gasteiger partial charge >= 0.3 is 18.2 Å². The van der Waals surface area contributed by atoms with Crippen LogP contribution in [0.4, 0.5) is 18.0 Å². The number of carbonyl (C=O) groups is 2. The van der Waals surface area contributed by atoms with Crippen LogP contribution < -0.4 is 0 Å². The number of likely N-dealkylation sites (tertiary alicyclic amines) is 3. The van der Waals surface area contributed by atoms with Crippen LogP contribution >= 0.6 is 11.3 Å². The molecule has 186 valence electrons. The molecule has 11 heteroatoms. The molecule has 3 aliphatic rings. The molecule has 4 rings (SSSR count). The standard InChI is InChI=1S/C20H31N3O2S.C2HF3O2/c1-25-14-18-13-21(12-17-4-11-26-15-17)16-20(18)5-9-23(10-6-20)19(24)22-7-2-3-8-22;3-2(4,5)1(6)7/h4,11,15,18H,2-3,5-10,12-14,16H2,1H3;(H,6,7). The van der Waals surface area contributed by atoms with Crippen LogP contribution in [0.2, 0.25) is 0 Å². The quantitative estimate of drug-likeness (QED) is 0.695. The van der Waals surface area contributed by atoms with Crippen LogP contribution in [0.3, 0.4) is 0 Å². The van der Waals surface area contributed by atoms with E-state index in [1.54, 1.807) is 11.3 Å². The first-order chi connectivity index (χ1) is 15.6. The second kappa shape index (κ2) is 11.1. The number of alkyl halides is 3. The Morgan fingerprint density at radius 3 is 2.30 bits per heavy atom. The van der Waals surface area contributed by atoms with E-state index in [4.69, 9.17) is 14.6 Å². The van der Waals surface area contributed by atoms with E-state index < -0.39 is 12.1 Å². The van der Waals surface area contributed by atoms with E-state index in [1.807, 2.05) is 12.0 Å². The number of thiophene rings is 1. The molecule has 0 saturated carbocycles. The van der Waals surface area contributed by atoms with Crippen LogP contribution in [-0.4, -0.2) is 91.0 Å². The lowest BCUT2D eigenvalue weighted by atomic mass is 9.71. The molecular formula is C22H32F3N3O4S. The van der Waals surface area contributed by atoms with Crippen molar-refractivity contribution in [2.45, 2.75) is 38.4 Å². The molecule has 3 saturated heterocycles. The predicted molar refractivity (Wildman–Crippen MR) is 118 cm³/mol. The summed E-state index contributed by atoms with van der Waals surface area (Å²) in [6.45, 7) is 7.83. The first-order valence-corrected chi connectivity index (χ1v) is 12.2. The van der Waals surface area contributed by atoms with Crippen molar-refractivity contribution in [1.29, 1.82) is 0 Å². The van der Waals surface area contributed by atoms with Gasteiger partial charge < -0.3 is 19.6 Å². The number of carboxylic acids is 1. The third kappa shape index (κ3) is 6.60. The molecule has 1 aromatic rings. The molecule has 2 amide bonds. The van der Waals surface area contributed by atoms with Gasteiger partial charge in [0.1, 0.15) is 0 Å². The molecule has 1 atom stereocenters. The zero-order valence-corrected chi connectivity index (χ0v) is 19.7. The van der Waals surface area contributed by atoms with Crippen LogP contribution in [0.15, 0.2) is 16.8 Å². The van der Waals surface area contributed by atoms with Gasteiger partial charge in [0.05, 0.1) is 6.61 Å². The minimum Gasteiger partial charge on any atom is -0.475 e. The third-order valence-electron chi connectivity index (χ3n) is 6.89. The van der Waals surface area contributed by atoms with E-state index >= 15 is 0 Å². The Balaban J connectivity index is 0.000000383. The van der Waals surface area contributed by atoms with E-state index in [1.165, 1.54) is 5.56 Å². The summed E-state index contributed by atoms with van der Waals surface area (Å²) in [5, 5.41) is 11.5. The molecule has 3 fully saturated rings. The summed E-state index contributed by atoms with van der Waals surface area (Å²) in [5.41, 5.74) is 1.73. The normalized spacial score (nSPS) is 23.0. The summed E-state index contributed by atoms with van der Waals surface area (Å²) < 4.78 is 37.3. The molecule has 1 aromatic heterocycles. The van der Waals surface area contributed by atoms with E-state index in [9.17, 15) is 18.0 Å². The second-order valence-corrected chi connectivity index (χ2v) is 9.86. The lowest BCUT2D eigenvalue weighted by molar-refractivity contribution is -0.192. The number of halogens is 3. The maximum Gasteiger partial charge on any atom is 0.490 e. The van der Waals surface area contributed by atoms with Gasteiger partial charge in [0.2, 0.25) is 0 Å². The van der Waals surface area contributed by atoms with E-state index in [0.29, 0.717) is 11.3 Å². The maximum absolute atomic E-state index is 12.7. The summed E-state index contributed by atoms with van der Waals surface area (Å²) in [5.74, 6) is -2.18. The highest BCUT2D eigenvalue weighted by molar-refractivity contribution is 7.07. The number of nitrogens with zero attached hydrogens (tertiary/aromatic N) is 3. The van der Waals surface area contributed by atoms with Gasteiger partial charge in [0.25, 0.3) is 0 Å². The summed E-state index contributed by atoms with van der Waals surface area (Å²) in [6.07, 6.45) is -0.532. The molecule has 0 aliphatic carbocycles. The molecule has 0 bridgehead atoms. The Kier molecular flexibility index (Phi) is 8.63. The Morgan fingerprint density at radius 1 is 1.18 bits per heavy atom. The molecule has 0 radical (unpaired) electrons. The van der Waals surface area contributed by atoms with Gasteiger partial charge in [-0.05, 0) is 53.5 Å². The zero-order chi connectivity index (χ0) is 24.1. The fourth-order valence-corrected chi connectivity index (χ4v) is 5.81. The van der Waals surface area contributed by atoms with Gasteiger partial charge in [-0.2, -0.15) is 24.5 Å². The fourth-order valence-electron chi connectivity index (χ4n) is 5.15. The molecular weight excluding hydrogens is 459 g/mol. The smallest absolute Gasteiger partial charge is 0.475 e. The van der Waals surface area contributed by atoms with Crippen LogP contribution in [0.5, 0.6) is 0 Å². The van der Waals surface area contributed by atoms with Crippen molar-refractivity contribution in [3.05, 3.63) is 22.4 Å². The molecule has 1 N–H and O–H groups in total. The molecule has 0 aromatic carbocycles. The van der Waals surface area contributed by atoms with Crippen LogP contribution in [0.25, 0.3) is 0 Å². The van der Waals surface area contributed by atoms with Gasteiger partial charge in [-0.1, -0.05) is 0 Å². The van der Waals surface area contributed by atoms with E-state index in [-0.39, 0.29) is 6.03 Å². The monoisotopic (exact) mass is 491 g/mol. The van der Waals surface area contributed by atoms with Crippen molar-refractivity contribution < 1.29 is 32.6 Å². The summed E-state index contributed by atoms with van der Waals surface area (Å²) in [6, 6.07) is 2.51. The van der Waals surface area contributed by atoms with Gasteiger partial charge in [0, 0.05) is 58.8 Å². The molecule has 33 heavy (non-hydrogen) atoms. The minimum absolute atomic E-state index is 0.272. The van der Waals surface area contributed by atoms with Crippen LogP contribution in [0.1, 0.15) is 31.2 Å². The molecule has 1 spiro atoms. The number of amides is 2. The summed E-state index contributed by atoms with van der Waals surface area (Å²) in [4.78, 5) is 28.3. The number of aliphatic carboxylic acids is 1. The Morgan fingerprint density at radius 2 is 1.79 bits per heavy atom. The van der Waals surface area contributed by atoms with Gasteiger partial charge in [0.15, 0.2) is 0 Å². The largest absolute Gasteiger partial charge is 0.490 e. The number of hydrogen-bond acceptors (Lipinski definition) is 5. The van der Waals surface area contributed by atoms with Crippen molar-refractivity contribution >= 4 is 23.3 Å². The van der Waals surface area contributed by atoms with Gasteiger partial charge in [-0.3, -0.25) is 4.90 Å². The van der Waals surface area contributed by atoms with Crippen molar-refractivity contribution in [2.75, 3.05) is 53.0 Å². The highest BCUT2D eigenvalue weighted by Gasteiger charge is 2.48. The first-order valence-electron chi connectivity index (χ1n) is 11.2. The average Bonchev–Trinajstić information content (AvgIpc) is 3.52. The third-order valence-corrected chi connectivity index (χ3v) is 7.62. The lowest BCUT2D eigenvalue weighted by Gasteiger charge is -2.43. The van der Waals surface area contributed by atoms with Crippen molar-refractivity contribution in [3.8, 4) is 0 Å². The molecule has 4 heterocycles. The lowest BCUT2D eigenvalue weighted by Crippen LogP contribution is -2.50. The van der Waals surface area contributed by atoms with Crippen LogP contribution in [-0.2, 0) is 16.1 Å². The number of carbonyl (C=O) groups excluding carboxylic acids is 1. The number of ether oxygens (including phenoxy) is 1. The second-order valence-electron chi connectivity index (χ2n) is 9.08. The fraction of sp³-hybridized carbons (Fsp3) is 0.727.